The average molecular weight is 301 g/mol. The first kappa shape index (κ1) is 15.9. The molecule has 0 aliphatic carbocycles. The van der Waals surface area contributed by atoms with Crippen molar-refractivity contribution in [2.75, 3.05) is 6.54 Å². The maximum atomic E-state index is 11.9. The monoisotopic (exact) mass is 301 g/mol. The zero-order valence-electron chi connectivity index (χ0n) is 12.6. The standard InChI is InChI=1S/C16H19N3O3/c1-3-19-10-13(8-18-19)15(21)16(22)17-9-14(20)12-6-4-11(2)5-7-12/h4-8,10,14,20H,3,9H2,1-2H3,(H,17,22). The number of hydrogen-bond donors (Lipinski definition) is 2. The second kappa shape index (κ2) is 7.00. The van der Waals surface area contributed by atoms with Gasteiger partial charge in [0.25, 0.3) is 11.7 Å². The summed E-state index contributed by atoms with van der Waals surface area (Å²) in [6, 6.07) is 7.34. The number of amides is 1. The van der Waals surface area contributed by atoms with Crippen molar-refractivity contribution < 1.29 is 14.7 Å². The van der Waals surface area contributed by atoms with E-state index in [2.05, 4.69) is 10.4 Å². The minimum atomic E-state index is -0.851. The average Bonchev–Trinajstić information content (AvgIpc) is 3.01. The molecule has 1 unspecified atom stereocenters. The number of ketones is 1. The van der Waals surface area contributed by atoms with Crippen LogP contribution in [0.4, 0.5) is 0 Å². The number of aryl methyl sites for hydroxylation is 2. The lowest BCUT2D eigenvalue weighted by molar-refractivity contribution is -0.117. The summed E-state index contributed by atoms with van der Waals surface area (Å²) in [6.45, 7) is 4.45. The molecule has 22 heavy (non-hydrogen) atoms. The molecule has 0 spiro atoms. The number of hydrogen-bond acceptors (Lipinski definition) is 4. The van der Waals surface area contributed by atoms with Gasteiger partial charge in [0.1, 0.15) is 0 Å². The first-order valence-corrected chi connectivity index (χ1v) is 7.11. The lowest BCUT2D eigenvalue weighted by Gasteiger charge is -2.12. The molecule has 2 rings (SSSR count). The Bertz CT molecular complexity index is 662. The van der Waals surface area contributed by atoms with Crippen molar-refractivity contribution in [1.82, 2.24) is 15.1 Å². The van der Waals surface area contributed by atoms with Crippen LogP contribution in [-0.4, -0.2) is 33.1 Å². The van der Waals surface area contributed by atoms with E-state index >= 15 is 0 Å². The Hall–Kier alpha value is -2.47. The minimum Gasteiger partial charge on any atom is -0.387 e. The fourth-order valence-electron chi connectivity index (χ4n) is 1.96. The molecule has 2 aromatic rings. The number of aliphatic hydroxyl groups is 1. The lowest BCUT2D eigenvalue weighted by Crippen LogP contribution is -2.34. The summed E-state index contributed by atoms with van der Waals surface area (Å²) in [5.41, 5.74) is 2.02. The molecule has 0 fully saturated rings. The number of nitrogens with one attached hydrogen (secondary N) is 1. The van der Waals surface area contributed by atoms with E-state index in [1.807, 2.05) is 26.0 Å². The van der Waals surface area contributed by atoms with Gasteiger partial charge in [0.2, 0.25) is 0 Å². The summed E-state index contributed by atoms with van der Waals surface area (Å²) in [4.78, 5) is 23.7. The second-order valence-corrected chi connectivity index (χ2v) is 5.05. The predicted octanol–water partition coefficient (Wildman–Crippen LogP) is 1.24. The van der Waals surface area contributed by atoms with Gasteiger partial charge in [0.05, 0.1) is 17.9 Å². The molecular formula is C16H19N3O3. The van der Waals surface area contributed by atoms with Crippen LogP contribution in [0.25, 0.3) is 0 Å². The predicted molar refractivity (Wildman–Crippen MR) is 81.4 cm³/mol. The quantitative estimate of drug-likeness (QED) is 0.621. The van der Waals surface area contributed by atoms with Crippen LogP contribution in [0.5, 0.6) is 0 Å². The molecule has 1 heterocycles. The van der Waals surface area contributed by atoms with Crippen LogP contribution in [0.2, 0.25) is 0 Å². The highest BCUT2D eigenvalue weighted by atomic mass is 16.3. The molecule has 0 saturated heterocycles. The van der Waals surface area contributed by atoms with Crippen molar-refractivity contribution >= 4 is 11.7 Å². The van der Waals surface area contributed by atoms with Gasteiger partial charge in [-0.1, -0.05) is 29.8 Å². The van der Waals surface area contributed by atoms with Crippen LogP contribution in [0, 0.1) is 6.92 Å². The first-order chi connectivity index (χ1) is 10.5. The molecular weight excluding hydrogens is 282 g/mol. The molecule has 0 bridgehead atoms. The van der Waals surface area contributed by atoms with E-state index in [4.69, 9.17) is 0 Å². The van der Waals surface area contributed by atoms with Crippen LogP contribution in [0.3, 0.4) is 0 Å². The maximum absolute atomic E-state index is 11.9. The van der Waals surface area contributed by atoms with Gasteiger partial charge in [0.15, 0.2) is 0 Å². The molecule has 6 nitrogen and oxygen atoms in total. The van der Waals surface area contributed by atoms with E-state index in [1.165, 1.54) is 12.4 Å². The topological polar surface area (TPSA) is 84.2 Å². The van der Waals surface area contributed by atoms with Gasteiger partial charge in [-0.2, -0.15) is 5.10 Å². The first-order valence-electron chi connectivity index (χ1n) is 7.11. The minimum absolute atomic E-state index is 0.0183. The van der Waals surface area contributed by atoms with Crippen molar-refractivity contribution in [3.05, 3.63) is 53.3 Å². The number of aromatic nitrogens is 2. The number of Topliss-reactive ketones (excluding diaryl/α,β-unsaturated/α-hetero) is 1. The molecule has 1 amide bonds. The Kier molecular flexibility index (Phi) is 5.06. The summed E-state index contributed by atoms with van der Waals surface area (Å²) < 4.78 is 1.57. The van der Waals surface area contributed by atoms with Gasteiger partial charge in [0, 0.05) is 19.3 Å². The Balaban J connectivity index is 1.91. The van der Waals surface area contributed by atoms with Crippen LogP contribution in [0.1, 0.15) is 34.5 Å². The van der Waals surface area contributed by atoms with E-state index in [-0.39, 0.29) is 12.1 Å². The van der Waals surface area contributed by atoms with E-state index in [9.17, 15) is 14.7 Å². The SMILES string of the molecule is CCn1cc(C(=O)C(=O)NCC(O)c2ccc(C)cc2)cn1. The Morgan fingerprint density at radius 3 is 2.59 bits per heavy atom. The molecule has 0 aliphatic heterocycles. The van der Waals surface area contributed by atoms with Gasteiger partial charge in [-0.05, 0) is 19.4 Å². The maximum Gasteiger partial charge on any atom is 0.292 e. The third-order valence-corrected chi connectivity index (χ3v) is 3.34. The van der Waals surface area contributed by atoms with E-state index in [0.29, 0.717) is 12.1 Å². The normalized spacial score (nSPS) is 12.0. The molecule has 2 N–H and O–H groups in total. The van der Waals surface area contributed by atoms with E-state index in [0.717, 1.165) is 5.56 Å². The largest absolute Gasteiger partial charge is 0.387 e. The van der Waals surface area contributed by atoms with Crippen molar-refractivity contribution in [2.45, 2.75) is 26.5 Å². The molecule has 6 heteroatoms. The Morgan fingerprint density at radius 1 is 1.32 bits per heavy atom. The zero-order valence-corrected chi connectivity index (χ0v) is 12.6. The van der Waals surface area contributed by atoms with Gasteiger partial charge in [-0.3, -0.25) is 14.3 Å². The summed E-state index contributed by atoms with van der Waals surface area (Å²) in [5, 5.41) is 16.4. The molecule has 1 aromatic carbocycles. The highest BCUT2D eigenvalue weighted by Crippen LogP contribution is 2.12. The van der Waals surface area contributed by atoms with Gasteiger partial charge in [-0.15, -0.1) is 0 Å². The van der Waals surface area contributed by atoms with Crippen LogP contribution in [0.15, 0.2) is 36.7 Å². The van der Waals surface area contributed by atoms with Crippen molar-refractivity contribution in [2.24, 2.45) is 0 Å². The van der Waals surface area contributed by atoms with E-state index < -0.39 is 17.8 Å². The Labute approximate surface area is 128 Å². The van der Waals surface area contributed by atoms with Crippen LogP contribution in [-0.2, 0) is 11.3 Å². The zero-order chi connectivity index (χ0) is 16.1. The number of carbonyl (C=O) groups excluding carboxylic acids is 2. The van der Waals surface area contributed by atoms with Crippen molar-refractivity contribution in [1.29, 1.82) is 0 Å². The highest BCUT2D eigenvalue weighted by Gasteiger charge is 2.19. The highest BCUT2D eigenvalue weighted by molar-refractivity contribution is 6.42. The number of carbonyl (C=O) groups is 2. The summed E-state index contributed by atoms with van der Waals surface area (Å²) in [5.74, 6) is -1.40. The summed E-state index contributed by atoms with van der Waals surface area (Å²) in [7, 11) is 0. The van der Waals surface area contributed by atoms with Crippen molar-refractivity contribution in [3.63, 3.8) is 0 Å². The molecule has 0 radical (unpaired) electrons. The second-order valence-electron chi connectivity index (χ2n) is 5.05. The van der Waals surface area contributed by atoms with Crippen LogP contribution >= 0.6 is 0 Å². The van der Waals surface area contributed by atoms with Gasteiger partial charge in [-0.25, -0.2) is 0 Å². The number of rotatable bonds is 6. The van der Waals surface area contributed by atoms with Crippen LogP contribution < -0.4 is 5.32 Å². The van der Waals surface area contributed by atoms with Gasteiger partial charge >= 0.3 is 0 Å². The molecule has 0 aliphatic rings. The Morgan fingerprint density at radius 2 is 2.00 bits per heavy atom. The fourth-order valence-corrected chi connectivity index (χ4v) is 1.96. The molecule has 1 atom stereocenters. The summed E-state index contributed by atoms with van der Waals surface area (Å²) >= 11 is 0. The van der Waals surface area contributed by atoms with E-state index in [1.54, 1.807) is 16.8 Å². The lowest BCUT2D eigenvalue weighted by atomic mass is 10.1. The summed E-state index contributed by atoms with van der Waals surface area (Å²) in [6.07, 6.45) is 2.04. The fraction of sp³-hybridized carbons (Fsp3) is 0.312. The smallest absolute Gasteiger partial charge is 0.292 e. The molecule has 116 valence electrons. The molecule has 1 aromatic heterocycles. The number of nitrogens with zero attached hydrogens (tertiary/aromatic N) is 2. The number of aliphatic hydroxyl groups excluding tert-OH is 1. The third kappa shape index (κ3) is 3.79. The molecule has 0 saturated carbocycles. The number of benzene rings is 1. The third-order valence-electron chi connectivity index (χ3n) is 3.34. The van der Waals surface area contributed by atoms with Crippen molar-refractivity contribution in [3.8, 4) is 0 Å². The van der Waals surface area contributed by atoms with Gasteiger partial charge < -0.3 is 10.4 Å².